The van der Waals surface area contributed by atoms with Gasteiger partial charge in [0.05, 0.1) is 25.4 Å². The number of benzene rings is 2. The normalized spacial score (nSPS) is 13.9. The van der Waals surface area contributed by atoms with Crippen LogP contribution in [0.3, 0.4) is 0 Å². The second kappa shape index (κ2) is 12.3. The van der Waals surface area contributed by atoms with Crippen LogP contribution < -0.4 is 19.5 Å². The maximum atomic E-state index is 13.9. The van der Waals surface area contributed by atoms with Crippen molar-refractivity contribution in [2.45, 2.75) is 33.6 Å². The largest absolute Gasteiger partial charge is 0.490 e. The molecule has 1 N–H and O–H groups in total. The molecule has 1 saturated heterocycles. The van der Waals surface area contributed by atoms with Gasteiger partial charge in [-0.3, -0.25) is 9.59 Å². The van der Waals surface area contributed by atoms with E-state index in [1.807, 2.05) is 20.8 Å². The molecule has 1 aliphatic rings. The number of piperidine rings is 1. The Kier molecular flexibility index (Phi) is 9.13. The summed E-state index contributed by atoms with van der Waals surface area (Å²) in [5.74, 6) is 0.649. The van der Waals surface area contributed by atoms with E-state index in [1.165, 1.54) is 12.1 Å². The zero-order valence-electron chi connectivity index (χ0n) is 20.1. The molecule has 0 aromatic heterocycles. The lowest BCUT2D eigenvalue weighted by Crippen LogP contribution is -2.41. The third kappa shape index (κ3) is 6.18. The summed E-state index contributed by atoms with van der Waals surface area (Å²) >= 11 is 0. The van der Waals surface area contributed by atoms with E-state index in [4.69, 9.17) is 14.2 Å². The Morgan fingerprint density at radius 1 is 0.971 bits per heavy atom. The van der Waals surface area contributed by atoms with Crippen LogP contribution in [-0.2, 0) is 0 Å². The molecule has 2 aromatic carbocycles. The number of ether oxygens (including phenoxy) is 3. The molecule has 2 amide bonds. The first kappa shape index (κ1) is 25.3. The van der Waals surface area contributed by atoms with Crippen LogP contribution in [0.5, 0.6) is 17.2 Å². The van der Waals surface area contributed by atoms with Gasteiger partial charge in [0.25, 0.3) is 11.8 Å². The zero-order chi connectivity index (χ0) is 24.5. The van der Waals surface area contributed by atoms with Crippen molar-refractivity contribution in [1.29, 1.82) is 0 Å². The van der Waals surface area contributed by atoms with Gasteiger partial charge in [-0.15, -0.1) is 0 Å². The van der Waals surface area contributed by atoms with Crippen LogP contribution in [0.25, 0.3) is 0 Å². The Hall–Kier alpha value is -3.29. The summed E-state index contributed by atoms with van der Waals surface area (Å²) < 4.78 is 31.0. The minimum absolute atomic E-state index is 0.0972. The van der Waals surface area contributed by atoms with E-state index in [2.05, 4.69) is 5.32 Å². The average Bonchev–Trinajstić information content (AvgIpc) is 2.85. The minimum atomic E-state index is -0.505. The molecule has 7 nitrogen and oxygen atoms in total. The molecule has 0 aliphatic carbocycles. The lowest BCUT2D eigenvalue weighted by atomic mass is 9.96. The lowest BCUT2D eigenvalue weighted by molar-refractivity contribution is 0.0679. The van der Waals surface area contributed by atoms with Crippen molar-refractivity contribution in [2.75, 3.05) is 39.5 Å². The number of nitrogens with zero attached hydrogens (tertiary/aromatic N) is 1. The van der Waals surface area contributed by atoms with Gasteiger partial charge in [-0.1, -0.05) is 12.1 Å². The number of nitrogens with one attached hydrogen (secondary N) is 1. The first-order chi connectivity index (χ1) is 16.5. The third-order valence-corrected chi connectivity index (χ3v) is 5.73. The number of hydrogen-bond donors (Lipinski definition) is 1. The van der Waals surface area contributed by atoms with Crippen LogP contribution in [-0.4, -0.2) is 56.2 Å². The number of likely N-dealkylation sites (tertiary alicyclic amines) is 1. The third-order valence-electron chi connectivity index (χ3n) is 5.73. The Morgan fingerprint density at radius 3 is 2.12 bits per heavy atom. The van der Waals surface area contributed by atoms with E-state index >= 15 is 0 Å². The van der Waals surface area contributed by atoms with Gasteiger partial charge in [-0.05, 0) is 63.8 Å². The van der Waals surface area contributed by atoms with Crippen molar-refractivity contribution in [3.8, 4) is 17.2 Å². The number of halogens is 1. The summed E-state index contributed by atoms with van der Waals surface area (Å²) in [6.07, 6.45) is 1.47. The maximum Gasteiger partial charge on any atom is 0.256 e. The molecular formula is C26H33FN2O5. The first-order valence-corrected chi connectivity index (χ1v) is 11.9. The maximum absolute atomic E-state index is 13.9. The quantitative estimate of drug-likeness (QED) is 0.558. The van der Waals surface area contributed by atoms with Gasteiger partial charge < -0.3 is 24.4 Å². The first-order valence-electron chi connectivity index (χ1n) is 11.9. The number of carbonyl (C=O) groups excluding carboxylic acids is 2. The van der Waals surface area contributed by atoms with Gasteiger partial charge in [0, 0.05) is 25.2 Å². The predicted octanol–water partition coefficient (Wildman–Crippen LogP) is 4.30. The summed E-state index contributed by atoms with van der Waals surface area (Å²) in [7, 11) is 0. The van der Waals surface area contributed by atoms with E-state index in [0.29, 0.717) is 62.3 Å². The van der Waals surface area contributed by atoms with E-state index in [-0.39, 0.29) is 23.3 Å². The molecule has 1 heterocycles. The van der Waals surface area contributed by atoms with Crippen molar-refractivity contribution in [2.24, 2.45) is 5.92 Å². The summed E-state index contributed by atoms with van der Waals surface area (Å²) in [6, 6.07) is 9.37. The fourth-order valence-electron chi connectivity index (χ4n) is 4.00. The average molecular weight is 473 g/mol. The van der Waals surface area contributed by atoms with Crippen LogP contribution in [0.1, 0.15) is 54.3 Å². The molecule has 0 saturated carbocycles. The van der Waals surface area contributed by atoms with E-state index in [1.54, 1.807) is 29.2 Å². The van der Waals surface area contributed by atoms with Crippen molar-refractivity contribution in [3.05, 3.63) is 53.3 Å². The number of rotatable bonds is 10. The van der Waals surface area contributed by atoms with Gasteiger partial charge in [0.2, 0.25) is 5.75 Å². The van der Waals surface area contributed by atoms with E-state index in [9.17, 15) is 14.0 Å². The van der Waals surface area contributed by atoms with Gasteiger partial charge in [-0.2, -0.15) is 0 Å². The number of carbonyl (C=O) groups is 2. The van der Waals surface area contributed by atoms with Crippen molar-refractivity contribution in [1.82, 2.24) is 10.2 Å². The molecule has 0 spiro atoms. The van der Waals surface area contributed by atoms with Crippen molar-refractivity contribution < 1.29 is 28.2 Å². The highest BCUT2D eigenvalue weighted by Gasteiger charge is 2.26. The SMILES string of the molecule is CCOc1cc(C(=O)NCC2CCN(C(=O)c3ccccc3F)CC2)cc(OCC)c1OCC. The zero-order valence-corrected chi connectivity index (χ0v) is 20.1. The summed E-state index contributed by atoms with van der Waals surface area (Å²) in [5.41, 5.74) is 0.530. The Balaban J connectivity index is 1.59. The van der Waals surface area contributed by atoms with Crippen LogP contribution in [0, 0.1) is 11.7 Å². The highest BCUT2D eigenvalue weighted by molar-refractivity contribution is 5.96. The Morgan fingerprint density at radius 2 is 1.56 bits per heavy atom. The Labute approximate surface area is 200 Å². The van der Waals surface area contributed by atoms with Gasteiger partial charge in [-0.25, -0.2) is 4.39 Å². The van der Waals surface area contributed by atoms with Crippen LogP contribution >= 0.6 is 0 Å². The smallest absolute Gasteiger partial charge is 0.256 e. The van der Waals surface area contributed by atoms with Gasteiger partial charge >= 0.3 is 0 Å². The molecule has 1 fully saturated rings. The van der Waals surface area contributed by atoms with Crippen LogP contribution in [0.15, 0.2) is 36.4 Å². The predicted molar refractivity (Wildman–Crippen MR) is 127 cm³/mol. The van der Waals surface area contributed by atoms with Gasteiger partial charge in [0.15, 0.2) is 11.5 Å². The summed E-state index contributed by atoms with van der Waals surface area (Å²) in [4.78, 5) is 27.2. The van der Waals surface area contributed by atoms with Crippen molar-refractivity contribution in [3.63, 3.8) is 0 Å². The van der Waals surface area contributed by atoms with E-state index in [0.717, 1.165) is 12.8 Å². The highest BCUT2D eigenvalue weighted by atomic mass is 19.1. The second-order valence-corrected chi connectivity index (χ2v) is 8.03. The van der Waals surface area contributed by atoms with Crippen LogP contribution in [0.2, 0.25) is 0 Å². The lowest BCUT2D eigenvalue weighted by Gasteiger charge is -2.32. The van der Waals surface area contributed by atoms with Crippen molar-refractivity contribution >= 4 is 11.8 Å². The highest BCUT2D eigenvalue weighted by Crippen LogP contribution is 2.39. The Bertz CT molecular complexity index is 962. The standard InChI is InChI=1S/C26H33FN2O5/c1-4-32-22-15-19(16-23(33-5-2)24(22)34-6-3)25(30)28-17-18-11-13-29(14-12-18)26(31)20-9-7-8-10-21(20)27/h7-10,15-16,18H,4-6,11-14,17H2,1-3H3,(H,28,30). The summed E-state index contributed by atoms with van der Waals surface area (Å²) in [5, 5.41) is 2.99. The molecule has 1 aliphatic heterocycles. The summed E-state index contributed by atoms with van der Waals surface area (Å²) in [6.45, 7) is 8.46. The number of amides is 2. The topological polar surface area (TPSA) is 77.1 Å². The molecule has 0 atom stereocenters. The minimum Gasteiger partial charge on any atom is -0.490 e. The molecule has 3 rings (SSSR count). The molecule has 34 heavy (non-hydrogen) atoms. The fraction of sp³-hybridized carbons (Fsp3) is 0.462. The molecule has 0 unspecified atom stereocenters. The van der Waals surface area contributed by atoms with Crippen LogP contribution in [0.4, 0.5) is 4.39 Å². The second-order valence-electron chi connectivity index (χ2n) is 8.03. The molecule has 2 aromatic rings. The molecule has 8 heteroatoms. The van der Waals surface area contributed by atoms with Gasteiger partial charge in [0.1, 0.15) is 5.82 Å². The monoisotopic (exact) mass is 472 g/mol. The van der Waals surface area contributed by atoms with E-state index < -0.39 is 5.82 Å². The fourth-order valence-corrected chi connectivity index (χ4v) is 4.00. The molecule has 0 radical (unpaired) electrons. The molecule has 184 valence electrons. The molecular weight excluding hydrogens is 439 g/mol. The number of hydrogen-bond acceptors (Lipinski definition) is 5. The molecule has 0 bridgehead atoms.